The molecule has 0 saturated carbocycles. The maximum atomic E-state index is 12.2. The Labute approximate surface area is 101 Å². The molecule has 0 bridgehead atoms. The molecule has 1 aromatic rings. The highest BCUT2D eigenvalue weighted by atomic mass is 32.1. The number of rotatable bonds is 3. The molecular formula is C12H18N2OS. The number of nitrogens with two attached hydrogens (primary N) is 1. The van der Waals surface area contributed by atoms with Gasteiger partial charge in [-0.3, -0.25) is 4.79 Å². The average molecular weight is 238 g/mol. The van der Waals surface area contributed by atoms with Crippen LogP contribution in [0.3, 0.4) is 0 Å². The molecule has 0 amide bonds. The van der Waals surface area contributed by atoms with Crippen LogP contribution in [-0.2, 0) is 0 Å². The van der Waals surface area contributed by atoms with Gasteiger partial charge in [0.15, 0.2) is 0 Å². The monoisotopic (exact) mass is 238 g/mol. The van der Waals surface area contributed by atoms with Crippen molar-refractivity contribution in [3.63, 3.8) is 0 Å². The maximum Gasteiger partial charge on any atom is 0.261 e. The zero-order valence-corrected chi connectivity index (χ0v) is 11.0. The first-order valence-electron chi connectivity index (χ1n) is 5.41. The summed E-state index contributed by atoms with van der Waals surface area (Å²) in [6, 6.07) is 3.76. The van der Waals surface area contributed by atoms with Gasteiger partial charge in [0.2, 0.25) is 0 Å². The van der Waals surface area contributed by atoms with Gasteiger partial charge in [-0.1, -0.05) is 26.1 Å². The van der Waals surface area contributed by atoms with E-state index in [0.717, 1.165) is 5.69 Å². The van der Waals surface area contributed by atoms with Crippen molar-refractivity contribution in [3.8, 4) is 0 Å². The first-order valence-corrected chi connectivity index (χ1v) is 5.82. The van der Waals surface area contributed by atoms with Crippen molar-refractivity contribution in [2.75, 3.05) is 0 Å². The van der Waals surface area contributed by atoms with E-state index in [0.29, 0.717) is 11.5 Å². The second kappa shape index (κ2) is 4.78. The van der Waals surface area contributed by atoms with Crippen molar-refractivity contribution in [2.45, 2.75) is 39.7 Å². The van der Waals surface area contributed by atoms with Crippen molar-refractivity contribution in [2.24, 2.45) is 5.73 Å². The molecule has 0 fully saturated rings. The molecule has 0 radical (unpaired) electrons. The molecule has 0 aliphatic carbocycles. The molecule has 1 heterocycles. The van der Waals surface area contributed by atoms with Crippen molar-refractivity contribution >= 4 is 17.2 Å². The smallest absolute Gasteiger partial charge is 0.261 e. The van der Waals surface area contributed by atoms with E-state index < -0.39 is 0 Å². The van der Waals surface area contributed by atoms with E-state index in [4.69, 9.17) is 18.0 Å². The van der Waals surface area contributed by atoms with E-state index >= 15 is 0 Å². The maximum absolute atomic E-state index is 12.2. The summed E-state index contributed by atoms with van der Waals surface area (Å²) in [4.78, 5) is 12.3. The summed E-state index contributed by atoms with van der Waals surface area (Å²) in [5, 5.41) is 0. The average Bonchev–Trinajstić information content (AvgIpc) is 2.15. The number of aromatic nitrogens is 1. The van der Waals surface area contributed by atoms with Crippen LogP contribution in [0.4, 0.5) is 0 Å². The van der Waals surface area contributed by atoms with Crippen LogP contribution < -0.4 is 11.3 Å². The number of thiocarbonyl (C=S) groups is 1. The first-order chi connectivity index (χ1) is 7.36. The van der Waals surface area contributed by atoms with Crippen molar-refractivity contribution < 1.29 is 0 Å². The normalized spacial score (nSPS) is 11.1. The molecule has 0 atom stereocenters. The van der Waals surface area contributed by atoms with Gasteiger partial charge < -0.3 is 10.3 Å². The lowest BCUT2D eigenvalue weighted by Gasteiger charge is -2.19. The summed E-state index contributed by atoms with van der Waals surface area (Å²) in [7, 11) is 0. The molecule has 4 heteroatoms. The molecule has 0 spiro atoms. The summed E-state index contributed by atoms with van der Waals surface area (Å²) in [6.07, 6.45) is 0. The van der Waals surface area contributed by atoms with Gasteiger partial charge in [-0.25, -0.2) is 0 Å². The van der Waals surface area contributed by atoms with Gasteiger partial charge >= 0.3 is 0 Å². The predicted molar refractivity (Wildman–Crippen MR) is 71.1 cm³/mol. The molecular weight excluding hydrogens is 220 g/mol. The van der Waals surface area contributed by atoms with E-state index in [2.05, 4.69) is 13.8 Å². The Morgan fingerprint density at radius 1 is 1.31 bits per heavy atom. The van der Waals surface area contributed by atoms with Gasteiger partial charge in [0, 0.05) is 11.7 Å². The summed E-state index contributed by atoms with van der Waals surface area (Å²) >= 11 is 4.87. The number of nitrogens with zero attached hydrogens (tertiary/aromatic N) is 1. The zero-order valence-electron chi connectivity index (χ0n) is 10.2. The molecule has 0 saturated heterocycles. The van der Waals surface area contributed by atoms with Crippen LogP contribution >= 0.6 is 12.2 Å². The third-order valence-electron chi connectivity index (χ3n) is 2.52. The van der Waals surface area contributed by atoms with Gasteiger partial charge in [-0.15, -0.1) is 0 Å². The quantitative estimate of drug-likeness (QED) is 0.821. The SMILES string of the molecule is CC(C)c1ccc(C(N)=S)c(=O)n1C(C)C. The Hall–Kier alpha value is -1.16. The Morgan fingerprint density at radius 3 is 2.25 bits per heavy atom. The molecule has 0 unspecified atom stereocenters. The van der Waals surface area contributed by atoms with Crippen molar-refractivity contribution in [1.82, 2.24) is 4.57 Å². The van der Waals surface area contributed by atoms with Crippen LogP contribution in [0, 0.1) is 0 Å². The Kier molecular flexibility index (Phi) is 3.86. The fourth-order valence-electron chi connectivity index (χ4n) is 1.76. The zero-order chi connectivity index (χ0) is 12.5. The Morgan fingerprint density at radius 2 is 1.88 bits per heavy atom. The standard InChI is InChI=1S/C12H18N2OS/c1-7(2)10-6-5-9(11(13)16)12(15)14(10)8(3)4/h5-8H,1-4H3,(H2,13,16). The third kappa shape index (κ3) is 2.32. The van der Waals surface area contributed by atoms with E-state index in [-0.39, 0.29) is 16.6 Å². The van der Waals surface area contributed by atoms with Crippen LogP contribution in [-0.4, -0.2) is 9.56 Å². The molecule has 1 rings (SSSR count). The molecule has 0 aliphatic rings. The van der Waals surface area contributed by atoms with Crippen molar-refractivity contribution in [3.05, 3.63) is 33.7 Å². The second-order valence-electron chi connectivity index (χ2n) is 4.46. The summed E-state index contributed by atoms with van der Waals surface area (Å²) in [6.45, 7) is 8.09. The fraction of sp³-hybridized carbons (Fsp3) is 0.500. The summed E-state index contributed by atoms with van der Waals surface area (Å²) < 4.78 is 1.76. The molecule has 3 nitrogen and oxygen atoms in total. The third-order valence-corrected chi connectivity index (χ3v) is 2.74. The minimum atomic E-state index is -0.0892. The van der Waals surface area contributed by atoms with Crippen LogP contribution in [0.2, 0.25) is 0 Å². The van der Waals surface area contributed by atoms with E-state index in [1.165, 1.54) is 0 Å². The number of hydrogen-bond acceptors (Lipinski definition) is 2. The fourth-order valence-corrected chi connectivity index (χ4v) is 1.91. The van der Waals surface area contributed by atoms with Gasteiger partial charge in [0.05, 0.1) is 5.56 Å². The van der Waals surface area contributed by atoms with E-state index in [1.807, 2.05) is 19.9 Å². The lowest BCUT2D eigenvalue weighted by Crippen LogP contribution is -2.32. The molecule has 2 N–H and O–H groups in total. The lowest BCUT2D eigenvalue weighted by molar-refractivity contribution is 0.534. The molecule has 88 valence electrons. The van der Waals surface area contributed by atoms with E-state index in [1.54, 1.807) is 10.6 Å². The molecule has 0 aliphatic heterocycles. The minimum Gasteiger partial charge on any atom is -0.389 e. The van der Waals surface area contributed by atoms with Gasteiger partial charge in [-0.05, 0) is 31.9 Å². The first kappa shape index (κ1) is 12.9. The van der Waals surface area contributed by atoms with Gasteiger partial charge in [0.25, 0.3) is 5.56 Å². The molecule has 1 aromatic heterocycles. The Balaban J connectivity index is 3.55. The second-order valence-corrected chi connectivity index (χ2v) is 4.90. The largest absolute Gasteiger partial charge is 0.389 e. The highest BCUT2D eigenvalue weighted by molar-refractivity contribution is 7.80. The lowest BCUT2D eigenvalue weighted by atomic mass is 10.1. The van der Waals surface area contributed by atoms with Gasteiger partial charge in [-0.2, -0.15) is 0 Å². The highest BCUT2D eigenvalue weighted by Gasteiger charge is 2.14. The number of pyridine rings is 1. The summed E-state index contributed by atoms with van der Waals surface area (Å²) in [5.74, 6) is 0.301. The Bertz CT molecular complexity index is 461. The summed E-state index contributed by atoms with van der Waals surface area (Å²) in [5.41, 5.74) is 6.88. The molecule has 0 aromatic carbocycles. The highest BCUT2D eigenvalue weighted by Crippen LogP contribution is 2.16. The van der Waals surface area contributed by atoms with Crippen molar-refractivity contribution in [1.29, 1.82) is 0 Å². The van der Waals surface area contributed by atoms with Crippen LogP contribution in [0.25, 0.3) is 0 Å². The van der Waals surface area contributed by atoms with Crippen LogP contribution in [0.1, 0.15) is 50.9 Å². The molecule has 16 heavy (non-hydrogen) atoms. The minimum absolute atomic E-state index is 0.0892. The predicted octanol–water partition coefficient (Wildman–Crippen LogP) is 2.19. The van der Waals surface area contributed by atoms with Crippen LogP contribution in [0.15, 0.2) is 16.9 Å². The van der Waals surface area contributed by atoms with E-state index in [9.17, 15) is 4.79 Å². The topological polar surface area (TPSA) is 48.0 Å². The number of hydrogen-bond donors (Lipinski definition) is 1. The van der Waals surface area contributed by atoms with Crippen LogP contribution in [0.5, 0.6) is 0 Å². The van der Waals surface area contributed by atoms with Gasteiger partial charge in [0.1, 0.15) is 4.99 Å².